The summed E-state index contributed by atoms with van der Waals surface area (Å²) in [6.45, 7) is 4.40. The minimum Gasteiger partial charge on any atom is -0.494 e. The maximum Gasteiger partial charge on any atom is 0.229 e. The number of aromatic nitrogens is 1. The third-order valence-corrected chi connectivity index (χ3v) is 5.82. The topological polar surface area (TPSA) is 54.5 Å². The fraction of sp³-hybridized carbons (Fsp3) is 0.333. The van der Waals surface area contributed by atoms with E-state index < -0.39 is 0 Å². The van der Waals surface area contributed by atoms with Gasteiger partial charge in [-0.1, -0.05) is 29.5 Å². The van der Waals surface area contributed by atoms with Gasteiger partial charge >= 0.3 is 0 Å². The number of nitrogens with one attached hydrogen (secondary N) is 1. The standard InChI is InChI=1S/C21H23N3O2S/c1-2-26-17-8-9-18-19(14-17)27-21(22-18)23-20(25)15-10-12-24(13-11-15)16-6-4-3-5-7-16/h3-9,14-15H,2,10-13H2,1H3,(H,22,23,25). The molecule has 2 heterocycles. The van der Waals surface area contributed by atoms with Crippen molar-refractivity contribution in [3.8, 4) is 5.75 Å². The highest BCUT2D eigenvalue weighted by molar-refractivity contribution is 7.22. The van der Waals surface area contributed by atoms with Gasteiger partial charge in [0.2, 0.25) is 5.91 Å². The molecule has 5 nitrogen and oxygen atoms in total. The molecule has 3 aromatic rings. The molecule has 27 heavy (non-hydrogen) atoms. The highest BCUT2D eigenvalue weighted by Crippen LogP contribution is 2.30. The maximum absolute atomic E-state index is 12.7. The number of amides is 1. The lowest BCUT2D eigenvalue weighted by Crippen LogP contribution is -2.38. The zero-order valence-electron chi connectivity index (χ0n) is 15.4. The van der Waals surface area contributed by atoms with Crippen molar-refractivity contribution >= 4 is 38.3 Å². The van der Waals surface area contributed by atoms with Gasteiger partial charge in [0.25, 0.3) is 0 Å². The van der Waals surface area contributed by atoms with Crippen molar-refractivity contribution in [2.45, 2.75) is 19.8 Å². The molecule has 0 saturated carbocycles. The van der Waals surface area contributed by atoms with Crippen LogP contribution in [0.3, 0.4) is 0 Å². The molecule has 0 spiro atoms. The maximum atomic E-state index is 12.7. The second kappa shape index (κ2) is 7.96. The first-order valence-corrected chi connectivity index (χ1v) is 10.2. The van der Waals surface area contributed by atoms with Crippen molar-refractivity contribution in [3.05, 3.63) is 48.5 Å². The van der Waals surface area contributed by atoms with Crippen LogP contribution in [0.15, 0.2) is 48.5 Å². The predicted molar refractivity (Wildman–Crippen MR) is 111 cm³/mol. The number of rotatable bonds is 5. The van der Waals surface area contributed by atoms with Crippen molar-refractivity contribution in [1.82, 2.24) is 4.98 Å². The molecule has 1 saturated heterocycles. The largest absolute Gasteiger partial charge is 0.494 e. The van der Waals surface area contributed by atoms with E-state index in [0.29, 0.717) is 11.7 Å². The van der Waals surface area contributed by atoms with E-state index in [1.807, 2.05) is 31.2 Å². The van der Waals surface area contributed by atoms with Gasteiger partial charge < -0.3 is 15.0 Å². The average Bonchev–Trinajstić information content (AvgIpc) is 3.10. The highest BCUT2D eigenvalue weighted by Gasteiger charge is 2.25. The molecule has 0 atom stereocenters. The van der Waals surface area contributed by atoms with E-state index in [4.69, 9.17) is 4.74 Å². The fourth-order valence-electron chi connectivity index (χ4n) is 3.46. The SMILES string of the molecule is CCOc1ccc2nc(NC(=O)C3CCN(c4ccccc4)CC3)sc2c1. The highest BCUT2D eigenvalue weighted by atomic mass is 32.1. The Morgan fingerprint density at radius 2 is 2.00 bits per heavy atom. The van der Waals surface area contributed by atoms with Gasteiger partial charge in [0, 0.05) is 24.7 Å². The Kier molecular flexibility index (Phi) is 5.25. The van der Waals surface area contributed by atoms with Crippen LogP contribution < -0.4 is 15.0 Å². The van der Waals surface area contributed by atoms with Crippen LogP contribution in [0.5, 0.6) is 5.75 Å². The minimum atomic E-state index is 0.0379. The average molecular weight is 382 g/mol. The van der Waals surface area contributed by atoms with Crippen LogP contribution in [0.4, 0.5) is 10.8 Å². The van der Waals surface area contributed by atoms with Gasteiger partial charge in [-0.15, -0.1) is 0 Å². The Hall–Kier alpha value is -2.60. The van der Waals surface area contributed by atoms with Crippen LogP contribution in [0.25, 0.3) is 10.2 Å². The van der Waals surface area contributed by atoms with E-state index >= 15 is 0 Å². The van der Waals surface area contributed by atoms with Gasteiger partial charge in [-0.2, -0.15) is 0 Å². The van der Waals surface area contributed by atoms with Gasteiger partial charge in [-0.05, 0) is 50.1 Å². The quantitative estimate of drug-likeness (QED) is 0.704. The molecule has 1 amide bonds. The Morgan fingerprint density at radius 1 is 1.22 bits per heavy atom. The first-order chi connectivity index (χ1) is 13.2. The lowest BCUT2D eigenvalue weighted by Gasteiger charge is -2.32. The number of benzene rings is 2. The summed E-state index contributed by atoms with van der Waals surface area (Å²) in [6, 6.07) is 16.2. The lowest BCUT2D eigenvalue weighted by molar-refractivity contribution is -0.120. The second-order valence-electron chi connectivity index (χ2n) is 6.67. The number of ether oxygens (including phenoxy) is 1. The second-order valence-corrected chi connectivity index (χ2v) is 7.70. The van der Waals surface area contributed by atoms with Crippen molar-refractivity contribution in [2.75, 3.05) is 29.9 Å². The van der Waals surface area contributed by atoms with E-state index in [0.717, 1.165) is 41.9 Å². The van der Waals surface area contributed by atoms with Gasteiger partial charge in [-0.3, -0.25) is 4.79 Å². The zero-order valence-corrected chi connectivity index (χ0v) is 16.2. The number of piperidine rings is 1. The molecule has 1 aromatic heterocycles. The number of hydrogen-bond donors (Lipinski definition) is 1. The monoisotopic (exact) mass is 381 g/mol. The molecular weight excluding hydrogens is 358 g/mol. The third kappa shape index (κ3) is 4.06. The van der Waals surface area contributed by atoms with E-state index in [9.17, 15) is 4.79 Å². The third-order valence-electron chi connectivity index (χ3n) is 4.89. The Balaban J connectivity index is 1.37. The van der Waals surface area contributed by atoms with Gasteiger partial charge in [0.1, 0.15) is 5.75 Å². The van der Waals surface area contributed by atoms with Crippen molar-refractivity contribution < 1.29 is 9.53 Å². The molecule has 1 fully saturated rings. The van der Waals surface area contributed by atoms with Gasteiger partial charge in [0.15, 0.2) is 5.13 Å². The van der Waals surface area contributed by atoms with Crippen LogP contribution in [-0.4, -0.2) is 30.6 Å². The molecule has 4 rings (SSSR count). The molecule has 140 valence electrons. The number of thiazole rings is 1. The first-order valence-electron chi connectivity index (χ1n) is 9.37. The number of hydrogen-bond acceptors (Lipinski definition) is 5. The summed E-state index contributed by atoms with van der Waals surface area (Å²) in [7, 11) is 0. The van der Waals surface area contributed by atoms with Crippen LogP contribution in [0.1, 0.15) is 19.8 Å². The Bertz CT molecular complexity index is 918. The van der Waals surface area contributed by atoms with E-state index in [-0.39, 0.29) is 11.8 Å². The normalized spacial score (nSPS) is 15.1. The zero-order chi connectivity index (χ0) is 18.6. The Labute approximate surface area is 163 Å². The van der Waals surface area contributed by atoms with Gasteiger partial charge in [0.05, 0.1) is 16.8 Å². The number of nitrogens with zero attached hydrogens (tertiary/aromatic N) is 2. The van der Waals surface area contributed by atoms with Crippen molar-refractivity contribution in [2.24, 2.45) is 5.92 Å². The van der Waals surface area contributed by atoms with Crippen molar-refractivity contribution in [3.63, 3.8) is 0 Å². The van der Waals surface area contributed by atoms with E-state index in [1.165, 1.54) is 17.0 Å². The number of fused-ring (bicyclic) bond motifs is 1. The van der Waals surface area contributed by atoms with Crippen LogP contribution >= 0.6 is 11.3 Å². The summed E-state index contributed by atoms with van der Waals surface area (Å²) >= 11 is 1.49. The molecule has 0 aliphatic carbocycles. The molecule has 1 aliphatic heterocycles. The predicted octanol–water partition coefficient (Wildman–Crippen LogP) is 4.55. The number of anilines is 2. The smallest absolute Gasteiger partial charge is 0.229 e. The molecule has 1 aliphatic rings. The van der Waals surface area contributed by atoms with Crippen molar-refractivity contribution in [1.29, 1.82) is 0 Å². The van der Waals surface area contributed by atoms with E-state index in [1.54, 1.807) is 0 Å². The summed E-state index contributed by atoms with van der Waals surface area (Å²) < 4.78 is 6.56. The van der Waals surface area contributed by atoms with Crippen LogP contribution in [0.2, 0.25) is 0 Å². The van der Waals surface area contributed by atoms with E-state index in [2.05, 4.69) is 39.5 Å². The Morgan fingerprint density at radius 3 is 2.74 bits per heavy atom. The molecule has 0 bridgehead atoms. The summed E-state index contributed by atoms with van der Waals surface area (Å²) in [5.74, 6) is 0.947. The van der Waals surface area contributed by atoms with Gasteiger partial charge in [-0.25, -0.2) is 4.98 Å². The number of para-hydroxylation sites is 1. The summed E-state index contributed by atoms with van der Waals surface area (Å²) in [6.07, 6.45) is 1.72. The number of carbonyl (C=O) groups excluding carboxylic acids is 1. The summed E-state index contributed by atoms with van der Waals surface area (Å²) in [5, 5.41) is 3.68. The molecule has 1 N–H and O–H groups in total. The molecule has 2 aromatic carbocycles. The molecular formula is C21H23N3O2S. The summed E-state index contributed by atoms with van der Waals surface area (Å²) in [5.41, 5.74) is 2.12. The molecule has 6 heteroatoms. The molecule has 0 radical (unpaired) electrons. The van der Waals surface area contributed by atoms with Crippen LogP contribution in [-0.2, 0) is 4.79 Å². The molecule has 0 unspecified atom stereocenters. The lowest BCUT2D eigenvalue weighted by atomic mass is 9.95. The first kappa shape index (κ1) is 17.8. The number of carbonyl (C=O) groups is 1. The fourth-order valence-corrected chi connectivity index (χ4v) is 4.36. The summed E-state index contributed by atoms with van der Waals surface area (Å²) in [4.78, 5) is 19.5. The van der Waals surface area contributed by atoms with Crippen LogP contribution in [0, 0.1) is 5.92 Å². The minimum absolute atomic E-state index is 0.0379.